The van der Waals surface area contributed by atoms with E-state index in [0.717, 1.165) is 24.8 Å². The maximum absolute atomic E-state index is 13.2. The molecule has 4 rings (SSSR count). The molecule has 1 saturated carbocycles. The molecule has 24 heavy (non-hydrogen) atoms. The second-order valence-electron chi connectivity index (χ2n) is 7.13. The number of aryl methyl sites for hydroxylation is 1. The van der Waals surface area contributed by atoms with E-state index >= 15 is 0 Å². The van der Waals surface area contributed by atoms with Crippen molar-refractivity contribution < 1.29 is 8.42 Å². The van der Waals surface area contributed by atoms with Crippen molar-refractivity contribution in [1.29, 1.82) is 0 Å². The summed E-state index contributed by atoms with van der Waals surface area (Å²) in [5, 5.41) is 0. The van der Waals surface area contributed by atoms with Gasteiger partial charge in [0.2, 0.25) is 10.0 Å². The van der Waals surface area contributed by atoms with Crippen molar-refractivity contribution in [2.45, 2.75) is 43.0 Å². The molecular formula is C20H23NO2S. The Hall–Kier alpha value is -1.65. The molecule has 3 atom stereocenters. The van der Waals surface area contributed by atoms with Crippen molar-refractivity contribution in [2.24, 2.45) is 5.92 Å². The Morgan fingerprint density at radius 3 is 2.38 bits per heavy atom. The van der Waals surface area contributed by atoms with Crippen LogP contribution < -0.4 is 0 Å². The van der Waals surface area contributed by atoms with Crippen LogP contribution in [0.4, 0.5) is 0 Å². The Balaban J connectivity index is 1.68. The van der Waals surface area contributed by atoms with Crippen LogP contribution in [-0.4, -0.2) is 25.3 Å². The summed E-state index contributed by atoms with van der Waals surface area (Å²) < 4.78 is 28.2. The predicted molar refractivity (Wildman–Crippen MR) is 95.4 cm³/mol. The number of hydrogen-bond donors (Lipinski definition) is 0. The van der Waals surface area contributed by atoms with Gasteiger partial charge in [0, 0.05) is 18.5 Å². The van der Waals surface area contributed by atoms with Gasteiger partial charge in [0.25, 0.3) is 0 Å². The molecule has 1 heterocycles. The van der Waals surface area contributed by atoms with Crippen LogP contribution in [0.2, 0.25) is 0 Å². The van der Waals surface area contributed by atoms with Gasteiger partial charge < -0.3 is 0 Å². The lowest BCUT2D eigenvalue weighted by molar-refractivity contribution is 0.229. The Morgan fingerprint density at radius 1 is 0.958 bits per heavy atom. The first-order chi connectivity index (χ1) is 11.6. The van der Waals surface area contributed by atoms with Gasteiger partial charge in [-0.15, -0.1) is 0 Å². The highest BCUT2D eigenvalue weighted by molar-refractivity contribution is 7.89. The molecule has 2 aliphatic rings. The van der Waals surface area contributed by atoms with Crippen LogP contribution in [0.25, 0.3) is 0 Å². The number of fused-ring (bicyclic) bond motifs is 2. The first-order valence-corrected chi connectivity index (χ1v) is 10.1. The SMILES string of the molecule is Cc1ccc(S(=O)(=O)N2C[C@@H](c3ccccc3)C3CCC2C3)cc1. The first-order valence-electron chi connectivity index (χ1n) is 8.69. The average molecular weight is 341 g/mol. The zero-order valence-electron chi connectivity index (χ0n) is 13.9. The summed E-state index contributed by atoms with van der Waals surface area (Å²) >= 11 is 0. The fraction of sp³-hybridized carbons (Fsp3) is 0.400. The molecule has 2 aromatic rings. The molecule has 2 aromatic carbocycles. The molecule has 0 N–H and O–H groups in total. The van der Waals surface area contributed by atoms with E-state index in [2.05, 4.69) is 24.3 Å². The fourth-order valence-electron chi connectivity index (χ4n) is 4.33. The summed E-state index contributed by atoms with van der Waals surface area (Å²) in [5.74, 6) is 0.923. The maximum Gasteiger partial charge on any atom is 0.243 e. The molecule has 2 bridgehead atoms. The molecule has 126 valence electrons. The molecule has 0 spiro atoms. The van der Waals surface area contributed by atoms with Crippen molar-refractivity contribution in [2.75, 3.05) is 6.54 Å². The second-order valence-corrected chi connectivity index (χ2v) is 9.02. The van der Waals surface area contributed by atoms with Crippen molar-refractivity contribution in [3.63, 3.8) is 0 Å². The Bertz CT molecular complexity index is 814. The van der Waals surface area contributed by atoms with E-state index in [4.69, 9.17) is 0 Å². The zero-order chi connectivity index (χ0) is 16.7. The topological polar surface area (TPSA) is 37.4 Å². The van der Waals surface area contributed by atoms with Crippen LogP contribution in [-0.2, 0) is 10.0 Å². The molecule has 0 aromatic heterocycles. The summed E-state index contributed by atoms with van der Waals surface area (Å²) in [6, 6.07) is 17.8. The van der Waals surface area contributed by atoms with Gasteiger partial charge in [0.15, 0.2) is 0 Å². The normalized spacial score (nSPS) is 27.3. The van der Waals surface area contributed by atoms with Gasteiger partial charge in [-0.25, -0.2) is 8.42 Å². The molecule has 1 aliphatic heterocycles. The molecule has 2 fully saturated rings. The van der Waals surface area contributed by atoms with Crippen LogP contribution in [0, 0.1) is 12.8 Å². The van der Waals surface area contributed by atoms with Crippen molar-refractivity contribution in [1.82, 2.24) is 4.31 Å². The van der Waals surface area contributed by atoms with Crippen LogP contribution in [0.1, 0.15) is 36.3 Å². The summed E-state index contributed by atoms with van der Waals surface area (Å²) in [7, 11) is -3.42. The highest BCUT2D eigenvalue weighted by Crippen LogP contribution is 2.46. The lowest BCUT2D eigenvalue weighted by Crippen LogP contribution is -2.45. The standard InChI is InChI=1S/C20H23NO2S/c1-15-7-11-19(12-8-15)24(22,23)21-14-20(16-5-3-2-4-6-16)17-9-10-18(21)13-17/h2-8,11-12,17-18,20H,9-10,13-14H2,1H3/t17?,18?,20-/m0/s1. The third kappa shape index (κ3) is 2.68. The minimum Gasteiger partial charge on any atom is -0.207 e. The summed E-state index contributed by atoms with van der Waals surface area (Å²) in [4.78, 5) is 0.422. The van der Waals surface area contributed by atoms with E-state index in [1.54, 1.807) is 16.4 Å². The van der Waals surface area contributed by atoms with Crippen molar-refractivity contribution in [3.05, 3.63) is 65.7 Å². The van der Waals surface area contributed by atoms with E-state index in [9.17, 15) is 8.42 Å². The highest BCUT2D eigenvalue weighted by atomic mass is 32.2. The van der Waals surface area contributed by atoms with E-state index in [1.807, 2.05) is 25.1 Å². The zero-order valence-corrected chi connectivity index (χ0v) is 14.7. The first kappa shape index (κ1) is 15.9. The van der Waals surface area contributed by atoms with Crippen LogP contribution in [0.15, 0.2) is 59.5 Å². The molecule has 3 nitrogen and oxygen atoms in total. The van der Waals surface area contributed by atoms with Gasteiger partial charge in [0.1, 0.15) is 0 Å². The minimum absolute atomic E-state index is 0.168. The minimum atomic E-state index is -3.42. The number of rotatable bonds is 3. The van der Waals surface area contributed by atoms with Gasteiger partial charge >= 0.3 is 0 Å². The Morgan fingerprint density at radius 2 is 1.67 bits per heavy atom. The Labute approximate surface area is 144 Å². The molecule has 1 saturated heterocycles. The van der Waals surface area contributed by atoms with E-state index in [-0.39, 0.29) is 6.04 Å². The van der Waals surface area contributed by atoms with Crippen molar-refractivity contribution >= 4 is 10.0 Å². The van der Waals surface area contributed by atoms with Crippen LogP contribution >= 0.6 is 0 Å². The second kappa shape index (κ2) is 6.01. The lowest BCUT2D eigenvalue weighted by atomic mass is 9.83. The number of nitrogens with zero attached hydrogens (tertiary/aromatic N) is 1. The quantitative estimate of drug-likeness (QED) is 0.847. The highest BCUT2D eigenvalue weighted by Gasteiger charge is 2.45. The average Bonchev–Trinajstić information content (AvgIpc) is 2.99. The van der Waals surface area contributed by atoms with Gasteiger partial charge in [-0.05, 0) is 49.8 Å². The van der Waals surface area contributed by atoms with Crippen LogP contribution in [0.5, 0.6) is 0 Å². The lowest BCUT2D eigenvalue weighted by Gasteiger charge is -2.38. The number of sulfonamides is 1. The van der Waals surface area contributed by atoms with E-state index in [1.165, 1.54) is 5.56 Å². The summed E-state index contributed by atoms with van der Waals surface area (Å²) in [6.07, 6.45) is 3.11. The number of hydrogen-bond acceptors (Lipinski definition) is 2. The monoisotopic (exact) mass is 341 g/mol. The fourth-order valence-corrected chi connectivity index (χ4v) is 6.02. The van der Waals surface area contributed by atoms with Gasteiger partial charge in [-0.2, -0.15) is 4.31 Å². The number of benzene rings is 2. The smallest absolute Gasteiger partial charge is 0.207 e. The number of piperidine rings is 1. The van der Waals surface area contributed by atoms with Gasteiger partial charge in [-0.1, -0.05) is 48.0 Å². The van der Waals surface area contributed by atoms with E-state index in [0.29, 0.717) is 23.3 Å². The van der Waals surface area contributed by atoms with Gasteiger partial charge in [-0.3, -0.25) is 0 Å². The summed E-state index contributed by atoms with van der Waals surface area (Å²) in [6.45, 7) is 2.58. The predicted octanol–water partition coefficient (Wildman–Crippen LogP) is 3.95. The third-order valence-electron chi connectivity index (χ3n) is 5.65. The van der Waals surface area contributed by atoms with Crippen LogP contribution in [0.3, 0.4) is 0 Å². The van der Waals surface area contributed by atoms with Gasteiger partial charge in [0.05, 0.1) is 4.90 Å². The molecule has 0 amide bonds. The molecule has 1 aliphatic carbocycles. The third-order valence-corrected chi connectivity index (χ3v) is 7.59. The molecule has 0 radical (unpaired) electrons. The maximum atomic E-state index is 13.2. The molecule has 4 heteroatoms. The van der Waals surface area contributed by atoms with E-state index < -0.39 is 10.0 Å². The summed E-state index contributed by atoms with van der Waals surface area (Å²) in [5.41, 5.74) is 2.35. The largest absolute Gasteiger partial charge is 0.243 e. The molecular weight excluding hydrogens is 318 g/mol. The van der Waals surface area contributed by atoms with Crippen molar-refractivity contribution in [3.8, 4) is 0 Å². The Kier molecular flexibility index (Phi) is 3.97. The molecule has 2 unspecified atom stereocenters.